The molecule has 1 heterocycles. The van der Waals surface area contributed by atoms with Crippen molar-refractivity contribution in [2.45, 2.75) is 33.0 Å². The third-order valence-corrected chi connectivity index (χ3v) is 3.80. The number of rotatable bonds is 6. The molecule has 20 heavy (non-hydrogen) atoms. The molecule has 0 aromatic carbocycles. The second-order valence-corrected chi connectivity index (χ2v) is 5.75. The summed E-state index contributed by atoms with van der Waals surface area (Å²) >= 11 is 1.23. The summed E-state index contributed by atoms with van der Waals surface area (Å²) in [6.45, 7) is 3.19. The molecule has 0 fully saturated rings. The average molecular weight is 309 g/mol. The van der Waals surface area contributed by atoms with Crippen LogP contribution in [0.3, 0.4) is 0 Å². The molecule has 0 atom stereocenters. The molecule has 1 amide bonds. The maximum atomic E-state index is 12.5. The number of nitrogens with zero attached hydrogens (tertiary/aromatic N) is 1. The van der Waals surface area contributed by atoms with Gasteiger partial charge in [-0.3, -0.25) is 15.1 Å². The summed E-state index contributed by atoms with van der Waals surface area (Å²) < 4.78 is 37.5. The fourth-order valence-electron chi connectivity index (χ4n) is 1.88. The van der Waals surface area contributed by atoms with Gasteiger partial charge in [-0.25, -0.2) is 5.84 Å². The molecule has 0 saturated heterocycles. The Morgan fingerprint density at radius 2 is 2.15 bits per heavy atom. The van der Waals surface area contributed by atoms with Crippen LogP contribution in [0.25, 0.3) is 0 Å². The van der Waals surface area contributed by atoms with E-state index in [0.29, 0.717) is 17.8 Å². The van der Waals surface area contributed by atoms with Gasteiger partial charge in [0.25, 0.3) is 5.91 Å². The van der Waals surface area contributed by atoms with Crippen molar-refractivity contribution < 1.29 is 18.0 Å². The van der Waals surface area contributed by atoms with Crippen LogP contribution in [0.4, 0.5) is 13.2 Å². The van der Waals surface area contributed by atoms with Crippen molar-refractivity contribution in [2.75, 3.05) is 13.1 Å². The standard InChI is InChI=1S/C12H18F3N3OS/c1-3-4-18(7-12(13,14)15)6-9-5-10(11(19)17-16)20-8(9)2/h5H,3-4,6-7,16H2,1-2H3,(H,17,19). The summed E-state index contributed by atoms with van der Waals surface area (Å²) in [5.74, 6) is 4.62. The minimum absolute atomic E-state index is 0.174. The highest BCUT2D eigenvalue weighted by molar-refractivity contribution is 7.14. The fraction of sp³-hybridized carbons (Fsp3) is 0.583. The lowest BCUT2D eigenvalue weighted by molar-refractivity contribution is -0.147. The number of carbonyl (C=O) groups is 1. The highest BCUT2D eigenvalue weighted by atomic mass is 32.1. The topological polar surface area (TPSA) is 58.4 Å². The Bertz CT molecular complexity index is 459. The molecule has 0 bridgehead atoms. The third-order valence-electron chi connectivity index (χ3n) is 2.71. The molecule has 8 heteroatoms. The molecule has 0 aliphatic carbocycles. The molecular formula is C12H18F3N3OS. The van der Waals surface area contributed by atoms with Gasteiger partial charge in [-0.15, -0.1) is 11.3 Å². The van der Waals surface area contributed by atoms with E-state index < -0.39 is 18.6 Å². The normalized spacial score (nSPS) is 11.9. The summed E-state index contributed by atoms with van der Waals surface area (Å²) in [6, 6.07) is 1.60. The van der Waals surface area contributed by atoms with E-state index in [9.17, 15) is 18.0 Å². The van der Waals surface area contributed by atoms with Gasteiger partial charge in [-0.05, 0) is 31.5 Å². The predicted octanol–water partition coefficient (Wildman–Crippen LogP) is 2.43. The Morgan fingerprint density at radius 3 is 2.65 bits per heavy atom. The lowest BCUT2D eigenvalue weighted by atomic mass is 10.2. The van der Waals surface area contributed by atoms with Crippen LogP contribution < -0.4 is 11.3 Å². The Kier molecular flexibility index (Phi) is 5.97. The smallest absolute Gasteiger partial charge is 0.291 e. The molecule has 0 aliphatic rings. The van der Waals surface area contributed by atoms with Gasteiger partial charge in [0.2, 0.25) is 0 Å². The van der Waals surface area contributed by atoms with E-state index in [1.165, 1.54) is 16.2 Å². The van der Waals surface area contributed by atoms with E-state index >= 15 is 0 Å². The highest BCUT2D eigenvalue weighted by Crippen LogP contribution is 2.25. The maximum absolute atomic E-state index is 12.5. The van der Waals surface area contributed by atoms with Crippen molar-refractivity contribution in [3.8, 4) is 0 Å². The van der Waals surface area contributed by atoms with Crippen LogP contribution in [0.1, 0.15) is 33.5 Å². The van der Waals surface area contributed by atoms with E-state index in [1.807, 2.05) is 12.3 Å². The van der Waals surface area contributed by atoms with Gasteiger partial charge in [0, 0.05) is 11.4 Å². The van der Waals surface area contributed by atoms with Crippen LogP contribution in [-0.4, -0.2) is 30.1 Å². The number of thiophene rings is 1. The highest BCUT2D eigenvalue weighted by Gasteiger charge is 2.30. The lowest BCUT2D eigenvalue weighted by Crippen LogP contribution is -2.34. The molecule has 4 nitrogen and oxygen atoms in total. The number of nitrogens with one attached hydrogen (secondary N) is 1. The Morgan fingerprint density at radius 1 is 1.50 bits per heavy atom. The van der Waals surface area contributed by atoms with E-state index in [2.05, 4.69) is 0 Å². The van der Waals surface area contributed by atoms with Crippen molar-refractivity contribution in [3.63, 3.8) is 0 Å². The summed E-state index contributed by atoms with van der Waals surface area (Å²) in [7, 11) is 0. The van der Waals surface area contributed by atoms with Crippen molar-refractivity contribution in [1.29, 1.82) is 0 Å². The van der Waals surface area contributed by atoms with Crippen LogP contribution >= 0.6 is 11.3 Å². The predicted molar refractivity (Wildman–Crippen MR) is 72.3 cm³/mol. The molecule has 0 aliphatic heterocycles. The number of hydrogen-bond donors (Lipinski definition) is 2. The SMILES string of the molecule is CCCN(Cc1cc(C(=O)NN)sc1C)CC(F)(F)F. The Balaban J connectivity index is 2.83. The van der Waals surface area contributed by atoms with Gasteiger partial charge >= 0.3 is 6.18 Å². The number of hydrogen-bond acceptors (Lipinski definition) is 4. The van der Waals surface area contributed by atoms with Gasteiger partial charge in [0.1, 0.15) is 0 Å². The van der Waals surface area contributed by atoms with Gasteiger partial charge in [0.05, 0.1) is 11.4 Å². The molecule has 0 radical (unpaired) electrons. The first-order valence-electron chi connectivity index (χ1n) is 6.16. The summed E-state index contributed by atoms with van der Waals surface area (Å²) in [5, 5.41) is 0. The molecule has 3 N–H and O–H groups in total. The summed E-state index contributed by atoms with van der Waals surface area (Å²) in [5.41, 5.74) is 2.74. The van der Waals surface area contributed by atoms with Crippen molar-refractivity contribution in [3.05, 3.63) is 21.4 Å². The first-order valence-corrected chi connectivity index (χ1v) is 6.97. The van der Waals surface area contributed by atoms with E-state index in [1.54, 1.807) is 13.0 Å². The summed E-state index contributed by atoms with van der Waals surface area (Å²) in [6.07, 6.45) is -3.59. The zero-order valence-corrected chi connectivity index (χ0v) is 12.2. The molecule has 1 aromatic heterocycles. The molecule has 1 aromatic rings. The van der Waals surface area contributed by atoms with Crippen molar-refractivity contribution in [2.24, 2.45) is 5.84 Å². The molecule has 0 unspecified atom stereocenters. The number of aryl methyl sites for hydroxylation is 1. The number of halogens is 3. The first kappa shape index (κ1) is 16.9. The van der Waals surface area contributed by atoms with Crippen LogP contribution in [0.2, 0.25) is 0 Å². The molecular weight excluding hydrogens is 291 g/mol. The van der Waals surface area contributed by atoms with Crippen LogP contribution in [-0.2, 0) is 6.54 Å². The van der Waals surface area contributed by atoms with Crippen LogP contribution in [0, 0.1) is 6.92 Å². The molecule has 114 valence electrons. The van der Waals surface area contributed by atoms with Gasteiger partial charge in [-0.2, -0.15) is 13.2 Å². The Labute approximate surface area is 119 Å². The van der Waals surface area contributed by atoms with Gasteiger partial charge in [0.15, 0.2) is 0 Å². The zero-order valence-electron chi connectivity index (χ0n) is 11.4. The number of carbonyl (C=O) groups excluding carboxylic acids is 1. The number of alkyl halides is 3. The number of nitrogens with two attached hydrogens (primary N) is 1. The van der Waals surface area contributed by atoms with Crippen LogP contribution in [0.15, 0.2) is 6.07 Å². The largest absolute Gasteiger partial charge is 0.401 e. The molecule has 0 spiro atoms. The minimum atomic E-state index is -4.23. The molecule has 0 saturated carbocycles. The summed E-state index contributed by atoms with van der Waals surface area (Å²) in [4.78, 5) is 14.0. The fourth-order valence-corrected chi connectivity index (χ4v) is 2.82. The number of hydrazine groups is 1. The zero-order chi connectivity index (χ0) is 15.3. The van der Waals surface area contributed by atoms with E-state index in [4.69, 9.17) is 5.84 Å². The van der Waals surface area contributed by atoms with Gasteiger partial charge in [-0.1, -0.05) is 6.92 Å². The average Bonchev–Trinajstić information content (AvgIpc) is 2.68. The number of amides is 1. The quantitative estimate of drug-likeness (QED) is 0.482. The lowest BCUT2D eigenvalue weighted by Gasteiger charge is -2.22. The third kappa shape index (κ3) is 5.10. The maximum Gasteiger partial charge on any atom is 0.401 e. The van der Waals surface area contributed by atoms with Crippen molar-refractivity contribution >= 4 is 17.2 Å². The minimum Gasteiger partial charge on any atom is -0.291 e. The second kappa shape index (κ2) is 7.05. The first-order chi connectivity index (χ1) is 9.26. The Hall–Kier alpha value is -1.12. The van der Waals surface area contributed by atoms with Gasteiger partial charge < -0.3 is 0 Å². The monoisotopic (exact) mass is 309 g/mol. The number of nitrogen functional groups attached to an aromatic ring is 1. The molecule has 1 rings (SSSR count). The van der Waals surface area contributed by atoms with E-state index in [-0.39, 0.29) is 6.54 Å². The van der Waals surface area contributed by atoms with Crippen molar-refractivity contribution in [1.82, 2.24) is 10.3 Å². The van der Waals surface area contributed by atoms with E-state index in [0.717, 1.165) is 10.4 Å². The van der Waals surface area contributed by atoms with Crippen LogP contribution in [0.5, 0.6) is 0 Å². The second-order valence-electron chi connectivity index (χ2n) is 4.49.